The highest BCUT2D eigenvalue weighted by Gasteiger charge is 2.22. The second-order valence-corrected chi connectivity index (χ2v) is 7.52. The van der Waals surface area contributed by atoms with Gasteiger partial charge in [-0.1, -0.05) is 31.2 Å². The van der Waals surface area contributed by atoms with Gasteiger partial charge in [-0.25, -0.2) is 9.07 Å². The summed E-state index contributed by atoms with van der Waals surface area (Å²) in [6.45, 7) is 6.11. The molecule has 6 nitrogen and oxygen atoms in total. The number of ether oxygens (including phenoxy) is 2. The summed E-state index contributed by atoms with van der Waals surface area (Å²) >= 11 is 0. The molecule has 0 fully saturated rings. The Labute approximate surface area is 182 Å². The van der Waals surface area contributed by atoms with Crippen molar-refractivity contribution in [2.75, 3.05) is 26.8 Å². The number of halogens is 1. The van der Waals surface area contributed by atoms with E-state index in [2.05, 4.69) is 11.8 Å². The van der Waals surface area contributed by atoms with Crippen molar-refractivity contribution in [1.29, 1.82) is 0 Å². The van der Waals surface area contributed by atoms with Crippen LogP contribution in [0.2, 0.25) is 0 Å². The van der Waals surface area contributed by atoms with Gasteiger partial charge in [-0.2, -0.15) is 5.10 Å². The smallest absolute Gasteiger partial charge is 0.227 e. The average molecular weight is 428 g/mol. The lowest BCUT2D eigenvalue weighted by Crippen LogP contribution is -2.35. The van der Waals surface area contributed by atoms with Crippen LogP contribution in [0.15, 0.2) is 54.6 Å². The molecule has 0 amide bonds. The number of aryl methyl sites for hydroxylation is 1. The largest absolute Gasteiger partial charge is 0.438 e. The van der Waals surface area contributed by atoms with Gasteiger partial charge < -0.3 is 14.6 Å². The van der Waals surface area contributed by atoms with Crippen molar-refractivity contribution in [1.82, 2.24) is 14.7 Å². The van der Waals surface area contributed by atoms with Crippen LogP contribution < -0.4 is 4.74 Å². The molecule has 166 valence electrons. The zero-order valence-corrected chi connectivity index (χ0v) is 18.3. The molecule has 0 aliphatic heterocycles. The first kappa shape index (κ1) is 22.9. The van der Waals surface area contributed by atoms with E-state index < -0.39 is 6.10 Å². The van der Waals surface area contributed by atoms with Gasteiger partial charge in [-0.15, -0.1) is 0 Å². The first-order chi connectivity index (χ1) is 15.0. The minimum absolute atomic E-state index is 0.273. The maximum absolute atomic E-state index is 13.8. The molecule has 0 aliphatic rings. The molecular formula is C24H30FN3O3. The fourth-order valence-electron chi connectivity index (χ4n) is 3.53. The van der Waals surface area contributed by atoms with E-state index in [1.165, 1.54) is 12.1 Å². The number of para-hydroxylation sites is 1. The average Bonchev–Trinajstić information content (AvgIpc) is 3.04. The van der Waals surface area contributed by atoms with E-state index in [0.29, 0.717) is 24.7 Å². The number of aromatic nitrogens is 2. The number of nitrogens with zero attached hydrogens (tertiary/aromatic N) is 3. The third-order valence-corrected chi connectivity index (χ3v) is 4.90. The van der Waals surface area contributed by atoms with E-state index in [-0.39, 0.29) is 12.4 Å². The molecular weight excluding hydrogens is 397 g/mol. The number of methoxy groups -OCH3 is 1. The summed E-state index contributed by atoms with van der Waals surface area (Å²) in [5.74, 6) is 0.577. The number of benzene rings is 2. The summed E-state index contributed by atoms with van der Waals surface area (Å²) in [5.41, 5.74) is 2.56. The van der Waals surface area contributed by atoms with Crippen molar-refractivity contribution in [3.63, 3.8) is 0 Å². The van der Waals surface area contributed by atoms with Gasteiger partial charge in [0.2, 0.25) is 5.88 Å². The summed E-state index contributed by atoms with van der Waals surface area (Å²) < 4.78 is 26.8. The molecule has 0 spiro atoms. The van der Waals surface area contributed by atoms with E-state index in [1.807, 2.05) is 37.3 Å². The van der Waals surface area contributed by atoms with Gasteiger partial charge in [0.05, 0.1) is 29.7 Å². The molecule has 7 heteroatoms. The number of aliphatic hydroxyl groups is 1. The van der Waals surface area contributed by atoms with Gasteiger partial charge in [0.25, 0.3) is 0 Å². The van der Waals surface area contributed by atoms with Gasteiger partial charge in [-0.3, -0.25) is 4.90 Å². The summed E-state index contributed by atoms with van der Waals surface area (Å²) in [7, 11) is 1.58. The second kappa shape index (κ2) is 11.0. The standard InChI is InChI=1S/C24H30FN3O3/c1-4-13-27(15-21(29)17-30-3)16-23-18(2)26-28(20-10-6-5-7-11-20)24(23)31-22-12-8-9-19(25)14-22/h5-12,14,21,29H,4,13,15-17H2,1-3H3/t21-/m0/s1. The Balaban J connectivity index is 1.98. The minimum Gasteiger partial charge on any atom is -0.438 e. The lowest BCUT2D eigenvalue weighted by molar-refractivity contribution is 0.0356. The molecule has 0 saturated carbocycles. The van der Waals surface area contributed by atoms with E-state index in [0.717, 1.165) is 29.9 Å². The first-order valence-electron chi connectivity index (χ1n) is 10.5. The van der Waals surface area contributed by atoms with Crippen molar-refractivity contribution in [3.8, 4) is 17.3 Å². The number of aliphatic hydroxyl groups excluding tert-OH is 1. The Morgan fingerprint density at radius 3 is 2.61 bits per heavy atom. The zero-order valence-electron chi connectivity index (χ0n) is 18.3. The Kier molecular flexibility index (Phi) is 8.17. The third-order valence-electron chi connectivity index (χ3n) is 4.90. The summed E-state index contributed by atoms with van der Waals surface area (Å²) in [6, 6.07) is 15.8. The Hall–Kier alpha value is -2.74. The van der Waals surface area contributed by atoms with Crippen molar-refractivity contribution in [3.05, 3.63) is 71.7 Å². The first-order valence-corrected chi connectivity index (χ1v) is 10.5. The van der Waals surface area contributed by atoms with Crippen LogP contribution in [0, 0.1) is 12.7 Å². The highest BCUT2D eigenvalue weighted by atomic mass is 19.1. The molecule has 0 radical (unpaired) electrons. The molecule has 0 saturated heterocycles. The number of rotatable bonds is 11. The molecule has 1 atom stereocenters. The van der Waals surface area contributed by atoms with Crippen LogP contribution in [-0.4, -0.2) is 52.7 Å². The Morgan fingerprint density at radius 2 is 1.94 bits per heavy atom. The van der Waals surface area contributed by atoms with Gasteiger partial charge in [-0.05, 0) is 44.2 Å². The van der Waals surface area contributed by atoms with Gasteiger partial charge in [0.1, 0.15) is 11.6 Å². The van der Waals surface area contributed by atoms with Crippen molar-refractivity contribution < 1.29 is 19.0 Å². The molecule has 2 aromatic carbocycles. The second-order valence-electron chi connectivity index (χ2n) is 7.52. The lowest BCUT2D eigenvalue weighted by atomic mass is 10.2. The fraction of sp³-hybridized carbons (Fsp3) is 0.375. The van der Waals surface area contributed by atoms with Crippen LogP contribution in [-0.2, 0) is 11.3 Å². The highest BCUT2D eigenvalue weighted by molar-refractivity contribution is 5.43. The molecule has 0 unspecified atom stereocenters. The number of hydrogen-bond donors (Lipinski definition) is 1. The Morgan fingerprint density at radius 1 is 1.16 bits per heavy atom. The monoisotopic (exact) mass is 427 g/mol. The van der Waals surface area contributed by atoms with Crippen LogP contribution >= 0.6 is 0 Å². The van der Waals surface area contributed by atoms with Crippen LogP contribution in [0.4, 0.5) is 4.39 Å². The van der Waals surface area contributed by atoms with Crippen molar-refractivity contribution in [2.45, 2.75) is 32.9 Å². The molecule has 0 bridgehead atoms. The van der Waals surface area contributed by atoms with Crippen molar-refractivity contribution >= 4 is 0 Å². The van der Waals surface area contributed by atoms with E-state index in [1.54, 1.807) is 23.9 Å². The fourth-order valence-corrected chi connectivity index (χ4v) is 3.53. The summed E-state index contributed by atoms with van der Waals surface area (Å²) in [6.07, 6.45) is 0.347. The number of hydrogen-bond acceptors (Lipinski definition) is 5. The lowest BCUT2D eigenvalue weighted by Gasteiger charge is -2.24. The topological polar surface area (TPSA) is 59.8 Å². The quantitative estimate of drug-likeness (QED) is 0.494. The van der Waals surface area contributed by atoms with Crippen LogP contribution in [0.1, 0.15) is 24.6 Å². The SMILES string of the molecule is CCCN(Cc1c(C)nn(-c2ccccc2)c1Oc1cccc(F)c1)C[C@H](O)COC. The van der Waals surface area contributed by atoms with Crippen LogP contribution in [0.3, 0.4) is 0 Å². The maximum Gasteiger partial charge on any atom is 0.227 e. The third kappa shape index (κ3) is 6.13. The predicted octanol–water partition coefficient (Wildman–Crippen LogP) is 4.33. The van der Waals surface area contributed by atoms with Gasteiger partial charge in [0.15, 0.2) is 0 Å². The summed E-state index contributed by atoms with van der Waals surface area (Å²) in [4.78, 5) is 2.15. The van der Waals surface area contributed by atoms with Gasteiger partial charge >= 0.3 is 0 Å². The highest BCUT2D eigenvalue weighted by Crippen LogP contribution is 2.32. The van der Waals surface area contributed by atoms with E-state index in [4.69, 9.17) is 14.6 Å². The van der Waals surface area contributed by atoms with Crippen LogP contribution in [0.5, 0.6) is 11.6 Å². The van der Waals surface area contributed by atoms with Gasteiger partial charge in [0, 0.05) is 26.3 Å². The van der Waals surface area contributed by atoms with Crippen molar-refractivity contribution in [2.24, 2.45) is 0 Å². The molecule has 31 heavy (non-hydrogen) atoms. The molecule has 1 N–H and O–H groups in total. The molecule has 3 aromatic rings. The zero-order chi connectivity index (χ0) is 22.2. The Bertz CT molecular complexity index is 962. The minimum atomic E-state index is -0.589. The molecule has 1 heterocycles. The normalized spacial score (nSPS) is 12.3. The summed E-state index contributed by atoms with van der Waals surface area (Å²) in [5, 5.41) is 15.0. The molecule has 3 rings (SSSR count). The van der Waals surface area contributed by atoms with E-state index >= 15 is 0 Å². The molecule has 1 aromatic heterocycles. The maximum atomic E-state index is 13.8. The predicted molar refractivity (Wildman–Crippen MR) is 118 cm³/mol. The van der Waals surface area contributed by atoms with E-state index in [9.17, 15) is 9.50 Å². The van der Waals surface area contributed by atoms with Crippen LogP contribution in [0.25, 0.3) is 5.69 Å². The molecule has 0 aliphatic carbocycles.